The average Bonchev–Trinajstić information content (AvgIpc) is 3.67. The summed E-state index contributed by atoms with van der Waals surface area (Å²) in [5, 5.41) is 8.55. The number of hydrogen-bond acceptors (Lipinski definition) is 7. The van der Waals surface area contributed by atoms with Gasteiger partial charge in [-0.15, -0.1) is 0 Å². The van der Waals surface area contributed by atoms with E-state index in [1.165, 1.54) is 31.0 Å². The van der Waals surface area contributed by atoms with Crippen molar-refractivity contribution in [3.05, 3.63) is 69.7 Å². The van der Waals surface area contributed by atoms with Gasteiger partial charge in [0.2, 0.25) is 11.8 Å². The lowest BCUT2D eigenvalue weighted by Gasteiger charge is -2.25. The van der Waals surface area contributed by atoms with Crippen molar-refractivity contribution in [2.45, 2.75) is 37.1 Å². The van der Waals surface area contributed by atoms with E-state index in [0.29, 0.717) is 5.02 Å². The number of methoxy groups -OCH3 is 1. The van der Waals surface area contributed by atoms with E-state index in [4.69, 9.17) is 32.7 Å². The van der Waals surface area contributed by atoms with Crippen molar-refractivity contribution in [3.63, 3.8) is 0 Å². The van der Waals surface area contributed by atoms with Crippen LogP contribution in [0.5, 0.6) is 0 Å². The zero-order valence-corrected chi connectivity index (χ0v) is 24.1. The Hall–Kier alpha value is -2.63. The van der Waals surface area contributed by atoms with E-state index in [1.807, 2.05) is 30.3 Å². The van der Waals surface area contributed by atoms with Gasteiger partial charge in [0.05, 0.1) is 29.8 Å². The first kappa shape index (κ1) is 30.9. The molecule has 4 atom stereocenters. The number of ether oxygens (including phenoxy) is 2. The molecule has 3 rings (SSSR count). The van der Waals surface area contributed by atoms with Gasteiger partial charge in [-0.2, -0.15) is 11.8 Å². The molecule has 0 spiro atoms. The van der Waals surface area contributed by atoms with Crippen molar-refractivity contribution in [2.75, 3.05) is 32.3 Å². The number of epoxide rings is 1. The smallest absolute Gasteiger partial charge is 0.253 e. The summed E-state index contributed by atoms with van der Waals surface area (Å²) in [5.41, 5.74) is 0.0182. The van der Waals surface area contributed by atoms with Gasteiger partial charge >= 0.3 is 0 Å². The van der Waals surface area contributed by atoms with E-state index in [-0.39, 0.29) is 41.8 Å². The lowest BCUT2D eigenvalue weighted by atomic mass is 9.94. The summed E-state index contributed by atoms with van der Waals surface area (Å²) in [7, 11) is 1.39. The van der Waals surface area contributed by atoms with E-state index in [1.54, 1.807) is 19.2 Å². The molecule has 3 amide bonds. The van der Waals surface area contributed by atoms with Crippen molar-refractivity contribution >= 4 is 58.5 Å². The molecule has 3 N–H and O–H groups in total. The van der Waals surface area contributed by atoms with E-state index in [2.05, 4.69) is 16.0 Å². The molecule has 210 valence electrons. The normalized spacial score (nSPS) is 18.4. The number of halogens is 2. The highest BCUT2D eigenvalue weighted by Gasteiger charge is 2.50. The Bertz CT molecular complexity index is 1200. The molecule has 1 fully saturated rings. The second-order valence-electron chi connectivity index (χ2n) is 9.26. The van der Waals surface area contributed by atoms with Crippen molar-refractivity contribution in [3.8, 4) is 0 Å². The zero-order valence-electron chi connectivity index (χ0n) is 21.8. The van der Waals surface area contributed by atoms with Crippen LogP contribution in [0.1, 0.15) is 22.8 Å². The second-order valence-corrected chi connectivity index (χ2v) is 11.0. The van der Waals surface area contributed by atoms with Gasteiger partial charge in [0.25, 0.3) is 5.91 Å². The number of thioether (sulfide) groups is 1. The number of Topliss-reactive ketones (excluding diaryl/α,β-unsaturated/α-hetero) is 1. The lowest BCUT2D eigenvalue weighted by molar-refractivity contribution is -0.134. The van der Waals surface area contributed by atoms with Crippen molar-refractivity contribution in [1.82, 2.24) is 16.0 Å². The van der Waals surface area contributed by atoms with Gasteiger partial charge in [-0.3, -0.25) is 19.2 Å². The van der Waals surface area contributed by atoms with Crippen LogP contribution in [0.4, 0.5) is 0 Å². The summed E-state index contributed by atoms with van der Waals surface area (Å²) in [5.74, 6) is -1.82. The molecular weight excluding hydrogens is 565 g/mol. The number of hydrogen-bond donors (Lipinski definition) is 3. The molecule has 0 aromatic heterocycles. The van der Waals surface area contributed by atoms with E-state index < -0.39 is 41.4 Å². The highest BCUT2D eigenvalue weighted by molar-refractivity contribution is 7.98. The van der Waals surface area contributed by atoms with Crippen LogP contribution in [0.3, 0.4) is 0 Å². The molecule has 1 aliphatic heterocycles. The first-order valence-corrected chi connectivity index (χ1v) is 14.3. The SMILES string of the molecule is COC[C@H](NC(=O)[C@@H](CSC)NC(=O)c1cc(Cl)ccc1Cl)C(=O)N[C@@H](Cc1ccccc1)C(=O)[C@@]1(C)CO1. The summed E-state index contributed by atoms with van der Waals surface area (Å²) in [6.45, 7) is 1.80. The summed E-state index contributed by atoms with van der Waals surface area (Å²) < 4.78 is 10.5. The summed E-state index contributed by atoms with van der Waals surface area (Å²) in [6, 6.07) is 10.7. The number of carbonyl (C=O) groups excluding carboxylic acids is 4. The van der Waals surface area contributed by atoms with Crippen LogP contribution in [0.25, 0.3) is 0 Å². The van der Waals surface area contributed by atoms with E-state index >= 15 is 0 Å². The Kier molecular flexibility index (Phi) is 11.2. The van der Waals surface area contributed by atoms with Gasteiger partial charge in [-0.05, 0) is 43.4 Å². The fourth-order valence-corrected chi connectivity index (χ4v) is 4.77. The fourth-order valence-electron chi connectivity index (χ4n) is 3.83. The highest BCUT2D eigenvalue weighted by Crippen LogP contribution is 2.29. The Morgan fingerprint density at radius 3 is 2.26 bits per heavy atom. The number of carbonyl (C=O) groups is 4. The highest BCUT2D eigenvalue weighted by atomic mass is 35.5. The molecule has 2 aromatic rings. The summed E-state index contributed by atoms with van der Waals surface area (Å²) in [4.78, 5) is 52.5. The van der Waals surface area contributed by atoms with Crippen LogP contribution in [-0.4, -0.2) is 79.6 Å². The van der Waals surface area contributed by atoms with Gasteiger partial charge < -0.3 is 25.4 Å². The van der Waals surface area contributed by atoms with Crippen LogP contribution >= 0.6 is 35.0 Å². The number of rotatable bonds is 14. The van der Waals surface area contributed by atoms with Crippen LogP contribution < -0.4 is 16.0 Å². The maximum atomic E-state index is 13.3. The quantitative estimate of drug-likeness (QED) is 0.287. The molecule has 0 saturated carbocycles. The summed E-state index contributed by atoms with van der Waals surface area (Å²) >= 11 is 13.5. The lowest BCUT2D eigenvalue weighted by Crippen LogP contribution is -2.58. The predicted molar refractivity (Wildman–Crippen MR) is 151 cm³/mol. The van der Waals surface area contributed by atoms with Gasteiger partial charge in [0.15, 0.2) is 5.78 Å². The van der Waals surface area contributed by atoms with Gasteiger partial charge in [-0.25, -0.2) is 0 Å². The molecule has 1 aliphatic rings. The Labute approximate surface area is 241 Å². The van der Waals surface area contributed by atoms with Crippen molar-refractivity contribution in [1.29, 1.82) is 0 Å². The third-order valence-corrected chi connectivity index (χ3v) is 7.34. The standard InChI is InChI=1S/C27H31Cl2N3O6S/c1-27(15-38-27)23(33)20(11-16-7-5-4-6-8-16)30-25(35)21(13-37-2)31-26(36)22(14-39-3)32-24(34)18-12-17(28)9-10-19(18)29/h4-10,12,20-22H,11,13-15H2,1-3H3,(H,30,35)(H,31,36)(H,32,34)/t20-,21-,22+,27+/m0/s1. The third kappa shape index (κ3) is 8.68. The van der Waals surface area contributed by atoms with Crippen LogP contribution in [-0.2, 0) is 30.3 Å². The van der Waals surface area contributed by atoms with Crippen molar-refractivity contribution < 1.29 is 28.7 Å². The van der Waals surface area contributed by atoms with Gasteiger partial charge in [0, 0.05) is 17.9 Å². The number of ketones is 1. The molecule has 1 heterocycles. The average molecular weight is 597 g/mol. The van der Waals surface area contributed by atoms with Crippen LogP contribution in [0, 0.1) is 0 Å². The molecular formula is C27H31Cl2N3O6S. The minimum atomic E-state index is -1.13. The second kappa shape index (κ2) is 14.1. The zero-order chi connectivity index (χ0) is 28.6. The number of nitrogens with one attached hydrogen (secondary N) is 3. The van der Waals surface area contributed by atoms with Gasteiger partial charge in [0.1, 0.15) is 17.7 Å². The monoisotopic (exact) mass is 595 g/mol. The molecule has 0 unspecified atom stereocenters. The Balaban J connectivity index is 1.73. The molecule has 0 radical (unpaired) electrons. The number of benzene rings is 2. The molecule has 1 saturated heterocycles. The molecule has 9 nitrogen and oxygen atoms in total. The molecule has 12 heteroatoms. The minimum Gasteiger partial charge on any atom is -0.382 e. The summed E-state index contributed by atoms with van der Waals surface area (Å²) in [6.07, 6.45) is 2.03. The predicted octanol–water partition coefficient (Wildman–Crippen LogP) is 2.67. The minimum absolute atomic E-state index is 0.118. The Morgan fingerprint density at radius 1 is 1.00 bits per heavy atom. The topological polar surface area (TPSA) is 126 Å². The first-order valence-electron chi connectivity index (χ1n) is 12.1. The van der Waals surface area contributed by atoms with Crippen LogP contribution in [0.15, 0.2) is 48.5 Å². The molecule has 0 bridgehead atoms. The fraction of sp³-hybridized carbons (Fsp3) is 0.407. The van der Waals surface area contributed by atoms with Crippen LogP contribution in [0.2, 0.25) is 10.0 Å². The maximum absolute atomic E-state index is 13.3. The number of amides is 3. The molecule has 0 aliphatic carbocycles. The van der Waals surface area contributed by atoms with E-state index in [9.17, 15) is 19.2 Å². The third-order valence-electron chi connectivity index (χ3n) is 6.11. The van der Waals surface area contributed by atoms with Crippen molar-refractivity contribution in [2.24, 2.45) is 0 Å². The maximum Gasteiger partial charge on any atom is 0.253 e. The van der Waals surface area contributed by atoms with E-state index in [0.717, 1.165) is 5.56 Å². The molecule has 39 heavy (non-hydrogen) atoms. The first-order chi connectivity index (χ1) is 18.6. The molecule has 2 aromatic carbocycles. The largest absolute Gasteiger partial charge is 0.382 e. The van der Waals surface area contributed by atoms with Gasteiger partial charge in [-0.1, -0.05) is 53.5 Å². The Morgan fingerprint density at radius 2 is 1.64 bits per heavy atom.